The lowest BCUT2D eigenvalue weighted by atomic mass is 10.2. The van der Waals surface area contributed by atoms with Crippen molar-refractivity contribution in [3.8, 4) is 0 Å². The Balaban J connectivity index is 1.54. The van der Waals surface area contributed by atoms with Gasteiger partial charge in [-0.3, -0.25) is 4.79 Å². The molecule has 0 radical (unpaired) electrons. The van der Waals surface area contributed by atoms with Crippen molar-refractivity contribution < 1.29 is 4.79 Å². The summed E-state index contributed by atoms with van der Waals surface area (Å²) >= 11 is 0. The van der Waals surface area contributed by atoms with E-state index in [4.69, 9.17) is 0 Å². The van der Waals surface area contributed by atoms with Crippen LogP contribution in [0.2, 0.25) is 0 Å². The van der Waals surface area contributed by atoms with Crippen molar-refractivity contribution in [2.45, 2.75) is 6.92 Å². The van der Waals surface area contributed by atoms with Gasteiger partial charge in [0.15, 0.2) is 0 Å². The first-order valence-electron chi connectivity index (χ1n) is 7.41. The van der Waals surface area contributed by atoms with Crippen LogP contribution in [0.15, 0.2) is 59.8 Å². The summed E-state index contributed by atoms with van der Waals surface area (Å²) in [4.78, 5) is 15.0. The average molecular weight is 306 g/mol. The van der Waals surface area contributed by atoms with Gasteiger partial charge < -0.3 is 10.3 Å². The van der Waals surface area contributed by atoms with Crippen LogP contribution in [0, 0.1) is 6.92 Å². The number of amides is 1. The molecule has 0 aliphatic heterocycles. The third-order valence-corrected chi connectivity index (χ3v) is 3.49. The van der Waals surface area contributed by atoms with E-state index in [1.54, 1.807) is 6.21 Å². The van der Waals surface area contributed by atoms with Crippen LogP contribution in [0.1, 0.15) is 11.1 Å². The van der Waals surface area contributed by atoms with E-state index >= 15 is 0 Å². The second-order valence-electron chi connectivity index (χ2n) is 5.31. The molecule has 3 aromatic rings. The number of H-pyrrole nitrogens is 1. The normalized spacial score (nSPS) is 11.0. The predicted octanol–water partition coefficient (Wildman–Crippen LogP) is 3.04. The molecule has 5 heteroatoms. The molecular weight excluding hydrogens is 288 g/mol. The number of hydrogen-bond acceptors (Lipinski definition) is 3. The van der Waals surface area contributed by atoms with Crippen LogP contribution >= 0.6 is 0 Å². The molecule has 2 aromatic carbocycles. The lowest BCUT2D eigenvalue weighted by Crippen LogP contribution is -2.25. The molecular formula is C18H18N4O. The fourth-order valence-corrected chi connectivity index (χ4v) is 2.35. The number of aromatic nitrogens is 1. The Labute approximate surface area is 134 Å². The second-order valence-corrected chi connectivity index (χ2v) is 5.31. The zero-order chi connectivity index (χ0) is 16.1. The monoisotopic (exact) mass is 306 g/mol. The number of fused-ring (bicyclic) bond motifs is 1. The van der Waals surface area contributed by atoms with E-state index in [0.717, 1.165) is 27.7 Å². The fourth-order valence-electron chi connectivity index (χ4n) is 2.35. The van der Waals surface area contributed by atoms with Crippen molar-refractivity contribution in [1.82, 2.24) is 10.4 Å². The number of aryl methyl sites for hydroxylation is 1. The van der Waals surface area contributed by atoms with Gasteiger partial charge in [0.2, 0.25) is 0 Å². The highest BCUT2D eigenvalue weighted by atomic mass is 16.2. The minimum absolute atomic E-state index is 0.175. The molecule has 3 N–H and O–H groups in total. The number of nitrogens with one attached hydrogen (secondary N) is 3. The third kappa shape index (κ3) is 3.77. The zero-order valence-electron chi connectivity index (χ0n) is 12.8. The Morgan fingerprint density at radius 3 is 2.96 bits per heavy atom. The first kappa shape index (κ1) is 14.8. The maximum atomic E-state index is 11.8. The second kappa shape index (κ2) is 6.79. The number of carbonyl (C=O) groups is 1. The average Bonchev–Trinajstić information content (AvgIpc) is 2.97. The van der Waals surface area contributed by atoms with Crippen LogP contribution in [0.3, 0.4) is 0 Å². The van der Waals surface area contributed by atoms with Crippen molar-refractivity contribution in [3.63, 3.8) is 0 Å². The largest absolute Gasteiger partial charge is 0.376 e. The molecule has 0 bridgehead atoms. The molecule has 0 fully saturated rings. The Kier molecular flexibility index (Phi) is 4.38. The van der Waals surface area contributed by atoms with Crippen LogP contribution in [-0.4, -0.2) is 23.7 Å². The molecule has 0 aliphatic carbocycles. The van der Waals surface area contributed by atoms with Gasteiger partial charge in [0.25, 0.3) is 5.91 Å². The molecule has 0 spiro atoms. The van der Waals surface area contributed by atoms with E-state index in [2.05, 4.69) is 20.8 Å². The van der Waals surface area contributed by atoms with E-state index in [1.807, 2.05) is 61.7 Å². The number of nitrogens with zero attached hydrogens (tertiary/aromatic N) is 1. The maximum Gasteiger partial charge on any atom is 0.259 e. The minimum Gasteiger partial charge on any atom is -0.376 e. The molecule has 0 aliphatic rings. The van der Waals surface area contributed by atoms with Crippen LogP contribution < -0.4 is 10.7 Å². The third-order valence-electron chi connectivity index (χ3n) is 3.49. The summed E-state index contributed by atoms with van der Waals surface area (Å²) < 4.78 is 0. The number of hydrogen-bond donors (Lipinski definition) is 3. The van der Waals surface area contributed by atoms with Gasteiger partial charge in [-0.1, -0.05) is 30.3 Å². The topological polar surface area (TPSA) is 69.3 Å². The molecule has 0 saturated heterocycles. The Morgan fingerprint density at radius 1 is 1.22 bits per heavy atom. The van der Waals surface area contributed by atoms with E-state index in [-0.39, 0.29) is 12.5 Å². The first-order chi connectivity index (χ1) is 11.2. The number of aromatic amines is 1. The van der Waals surface area contributed by atoms with Crippen LogP contribution in [-0.2, 0) is 4.79 Å². The Morgan fingerprint density at radius 2 is 2.09 bits per heavy atom. The van der Waals surface area contributed by atoms with E-state index in [1.165, 1.54) is 0 Å². The SMILES string of the molecule is Cc1cccc(NCC(=O)N/N=C/c2c[nH]c3ccccc23)c1. The number of para-hydroxylation sites is 1. The quantitative estimate of drug-likeness (QED) is 0.501. The van der Waals surface area contributed by atoms with Crippen molar-refractivity contribution in [2.75, 3.05) is 11.9 Å². The van der Waals surface area contributed by atoms with Gasteiger partial charge in [0.05, 0.1) is 12.8 Å². The van der Waals surface area contributed by atoms with Gasteiger partial charge in [0.1, 0.15) is 0 Å². The summed E-state index contributed by atoms with van der Waals surface area (Å²) in [6.45, 7) is 2.19. The molecule has 23 heavy (non-hydrogen) atoms. The van der Waals surface area contributed by atoms with E-state index in [0.29, 0.717) is 0 Å². The van der Waals surface area contributed by atoms with Gasteiger partial charge in [-0.15, -0.1) is 0 Å². The molecule has 1 amide bonds. The number of anilines is 1. The van der Waals surface area contributed by atoms with E-state index < -0.39 is 0 Å². The summed E-state index contributed by atoms with van der Waals surface area (Å²) in [5.41, 5.74) is 6.57. The highest BCUT2D eigenvalue weighted by Gasteiger charge is 2.01. The smallest absolute Gasteiger partial charge is 0.259 e. The lowest BCUT2D eigenvalue weighted by Gasteiger charge is -2.05. The molecule has 0 unspecified atom stereocenters. The van der Waals surface area contributed by atoms with Crippen LogP contribution in [0.4, 0.5) is 5.69 Å². The summed E-state index contributed by atoms with van der Waals surface area (Å²) in [6.07, 6.45) is 3.51. The number of hydrazone groups is 1. The van der Waals surface area contributed by atoms with Gasteiger partial charge in [-0.2, -0.15) is 5.10 Å². The standard InChI is InChI=1S/C18H18N4O/c1-13-5-4-6-15(9-13)19-12-18(23)22-21-11-14-10-20-17-8-3-2-7-16(14)17/h2-11,19-20H,12H2,1H3,(H,22,23)/b21-11+. The molecule has 0 saturated carbocycles. The molecule has 5 nitrogen and oxygen atoms in total. The van der Waals surface area contributed by atoms with Gasteiger partial charge >= 0.3 is 0 Å². The van der Waals surface area contributed by atoms with Crippen LogP contribution in [0.25, 0.3) is 10.9 Å². The molecule has 1 aromatic heterocycles. The number of rotatable bonds is 5. The zero-order valence-corrected chi connectivity index (χ0v) is 12.8. The van der Waals surface area contributed by atoms with Crippen LogP contribution in [0.5, 0.6) is 0 Å². The number of carbonyl (C=O) groups excluding carboxylic acids is 1. The minimum atomic E-state index is -0.192. The summed E-state index contributed by atoms with van der Waals surface area (Å²) in [5.74, 6) is -0.192. The molecule has 116 valence electrons. The Bertz CT molecular complexity index is 851. The van der Waals surface area contributed by atoms with Crippen molar-refractivity contribution in [1.29, 1.82) is 0 Å². The fraction of sp³-hybridized carbons (Fsp3) is 0.111. The summed E-state index contributed by atoms with van der Waals surface area (Å²) in [7, 11) is 0. The van der Waals surface area contributed by atoms with Gasteiger partial charge in [-0.05, 0) is 30.7 Å². The van der Waals surface area contributed by atoms with Crippen molar-refractivity contribution >= 4 is 28.7 Å². The summed E-state index contributed by atoms with van der Waals surface area (Å²) in [5, 5.41) is 8.15. The van der Waals surface area contributed by atoms with Gasteiger partial charge in [0, 0.05) is 28.4 Å². The summed E-state index contributed by atoms with van der Waals surface area (Å²) in [6, 6.07) is 15.8. The van der Waals surface area contributed by atoms with Crippen molar-refractivity contribution in [3.05, 3.63) is 65.9 Å². The maximum absolute atomic E-state index is 11.8. The molecule has 0 atom stereocenters. The molecule has 3 rings (SSSR count). The lowest BCUT2D eigenvalue weighted by molar-refractivity contribution is -0.119. The van der Waals surface area contributed by atoms with Gasteiger partial charge in [-0.25, -0.2) is 5.43 Å². The predicted molar refractivity (Wildman–Crippen MR) is 93.7 cm³/mol. The van der Waals surface area contributed by atoms with E-state index in [9.17, 15) is 4.79 Å². The molecule has 1 heterocycles. The Hall–Kier alpha value is -3.08. The van der Waals surface area contributed by atoms with Crippen molar-refractivity contribution in [2.24, 2.45) is 5.10 Å². The number of benzene rings is 2. The highest BCUT2D eigenvalue weighted by molar-refractivity contribution is 5.99. The highest BCUT2D eigenvalue weighted by Crippen LogP contribution is 2.15. The first-order valence-corrected chi connectivity index (χ1v) is 7.41.